The van der Waals surface area contributed by atoms with Gasteiger partial charge < -0.3 is 15.5 Å². The molecule has 0 aliphatic carbocycles. The Morgan fingerprint density at radius 1 is 0.446 bits per heavy atom. The van der Waals surface area contributed by atoms with E-state index in [1.54, 1.807) is 6.08 Å². The average Bonchev–Trinajstić information content (AvgIpc) is 3.20. The molecule has 0 spiro atoms. The largest absolute Gasteiger partial charge is 0.394 e. The lowest BCUT2D eigenvalue weighted by atomic mass is 10.0. The standard InChI is InChI=1S/C52H91NO3/c1-3-5-7-9-11-13-15-17-19-20-21-22-23-24-25-26-27-28-29-30-31-32-34-35-37-39-41-43-45-47-51(55)50(49-54)53-52(56)48-46-44-42-40-38-36-33-18-16-14-12-10-8-6-4-2/h6,8,12,14,18,31-33,37-40,45,47,50-51,54-55H,3-5,7,9-11,13,15-17,19-30,34-36,41-44,46,48-49H2,1-2H3,(H,53,56)/b8-6-,14-12-,32-31+,33-18-,39-37+,40-38-,47-45+. The molecule has 0 bridgehead atoms. The van der Waals surface area contributed by atoms with Crippen molar-refractivity contribution in [3.05, 3.63) is 85.1 Å². The number of hydrogen-bond donors (Lipinski definition) is 3. The molecule has 0 radical (unpaired) electrons. The van der Waals surface area contributed by atoms with E-state index in [1.807, 2.05) is 6.08 Å². The highest BCUT2D eigenvalue weighted by Crippen LogP contribution is 2.15. The van der Waals surface area contributed by atoms with Gasteiger partial charge in [0.1, 0.15) is 0 Å². The summed E-state index contributed by atoms with van der Waals surface area (Å²) in [6, 6.07) is -0.672. The number of nitrogens with one attached hydrogen (secondary N) is 1. The lowest BCUT2D eigenvalue weighted by molar-refractivity contribution is -0.123. The number of amides is 1. The van der Waals surface area contributed by atoms with Crippen LogP contribution >= 0.6 is 0 Å². The van der Waals surface area contributed by atoms with Gasteiger partial charge in [0.25, 0.3) is 0 Å². The molecule has 0 aromatic heterocycles. The summed E-state index contributed by atoms with van der Waals surface area (Å²) < 4.78 is 0. The molecule has 0 saturated heterocycles. The number of allylic oxidation sites excluding steroid dienone is 13. The number of aliphatic hydroxyl groups is 2. The summed E-state index contributed by atoms with van der Waals surface area (Å²) in [5, 5.41) is 23.0. The van der Waals surface area contributed by atoms with E-state index in [1.165, 1.54) is 128 Å². The molecule has 0 saturated carbocycles. The van der Waals surface area contributed by atoms with Crippen LogP contribution in [0.25, 0.3) is 0 Å². The van der Waals surface area contributed by atoms with Gasteiger partial charge in [-0.25, -0.2) is 0 Å². The summed E-state index contributed by atoms with van der Waals surface area (Å²) >= 11 is 0. The quantitative estimate of drug-likeness (QED) is 0.0427. The van der Waals surface area contributed by atoms with Gasteiger partial charge in [0.2, 0.25) is 5.91 Å². The average molecular weight is 778 g/mol. The molecule has 0 aliphatic rings. The Kier molecular flexibility index (Phi) is 44.9. The zero-order valence-corrected chi connectivity index (χ0v) is 36.9. The number of hydrogen-bond acceptors (Lipinski definition) is 3. The van der Waals surface area contributed by atoms with Crippen LogP contribution in [0.15, 0.2) is 85.1 Å². The third-order valence-electron chi connectivity index (χ3n) is 10.3. The van der Waals surface area contributed by atoms with E-state index in [9.17, 15) is 15.0 Å². The van der Waals surface area contributed by atoms with E-state index >= 15 is 0 Å². The molecule has 0 aliphatic heterocycles. The van der Waals surface area contributed by atoms with Gasteiger partial charge in [-0.3, -0.25) is 4.79 Å². The van der Waals surface area contributed by atoms with Gasteiger partial charge >= 0.3 is 0 Å². The molecule has 0 aromatic carbocycles. The first-order valence-corrected chi connectivity index (χ1v) is 23.8. The third-order valence-corrected chi connectivity index (χ3v) is 10.3. The maximum Gasteiger partial charge on any atom is 0.220 e. The topological polar surface area (TPSA) is 69.6 Å². The highest BCUT2D eigenvalue weighted by Gasteiger charge is 2.17. The van der Waals surface area contributed by atoms with E-state index in [0.29, 0.717) is 6.42 Å². The molecule has 4 heteroatoms. The molecule has 322 valence electrons. The van der Waals surface area contributed by atoms with Crippen molar-refractivity contribution in [3.63, 3.8) is 0 Å². The van der Waals surface area contributed by atoms with Crippen molar-refractivity contribution in [2.24, 2.45) is 0 Å². The summed E-state index contributed by atoms with van der Waals surface area (Å²) in [6.07, 6.45) is 68.7. The lowest BCUT2D eigenvalue weighted by Gasteiger charge is -2.19. The normalized spacial score (nSPS) is 13.7. The van der Waals surface area contributed by atoms with Crippen LogP contribution in [0.1, 0.15) is 219 Å². The predicted molar refractivity (Wildman–Crippen MR) is 248 cm³/mol. The van der Waals surface area contributed by atoms with Crippen molar-refractivity contribution in [2.45, 2.75) is 231 Å². The Balaban J connectivity index is 3.64. The summed E-state index contributed by atoms with van der Waals surface area (Å²) in [7, 11) is 0. The second-order valence-corrected chi connectivity index (χ2v) is 15.8. The molecule has 2 atom stereocenters. The van der Waals surface area contributed by atoms with Crippen LogP contribution in [0, 0.1) is 0 Å². The number of carbonyl (C=O) groups excluding carboxylic acids is 1. The Morgan fingerprint density at radius 2 is 0.804 bits per heavy atom. The van der Waals surface area contributed by atoms with E-state index in [0.717, 1.165) is 70.6 Å². The van der Waals surface area contributed by atoms with Gasteiger partial charge in [-0.05, 0) is 83.5 Å². The summed E-state index contributed by atoms with van der Waals surface area (Å²) in [5.41, 5.74) is 0. The van der Waals surface area contributed by atoms with E-state index in [-0.39, 0.29) is 12.5 Å². The second kappa shape index (κ2) is 46.9. The second-order valence-electron chi connectivity index (χ2n) is 15.8. The predicted octanol–water partition coefficient (Wildman–Crippen LogP) is 15.2. The molecule has 4 nitrogen and oxygen atoms in total. The fraction of sp³-hybridized carbons (Fsp3) is 0.712. The van der Waals surface area contributed by atoms with Crippen LogP contribution in [0.3, 0.4) is 0 Å². The molecular weight excluding hydrogens is 687 g/mol. The van der Waals surface area contributed by atoms with Crippen molar-refractivity contribution in [2.75, 3.05) is 6.61 Å². The van der Waals surface area contributed by atoms with E-state index in [4.69, 9.17) is 0 Å². The zero-order chi connectivity index (χ0) is 40.7. The Morgan fingerprint density at radius 3 is 1.25 bits per heavy atom. The highest BCUT2D eigenvalue weighted by atomic mass is 16.3. The van der Waals surface area contributed by atoms with Crippen LogP contribution < -0.4 is 5.32 Å². The summed E-state index contributed by atoms with van der Waals surface area (Å²) in [6.45, 7) is 4.16. The molecule has 2 unspecified atom stereocenters. The summed E-state index contributed by atoms with van der Waals surface area (Å²) in [4.78, 5) is 12.4. The van der Waals surface area contributed by atoms with Gasteiger partial charge in [0, 0.05) is 6.42 Å². The first-order valence-electron chi connectivity index (χ1n) is 23.8. The molecule has 0 rings (SSSR count). The fourth-order valence-electron chi connectivity index (χ4n) is 6.73. The van der Waals surface area contributed by atoms with Gasteiger partial charge in [-0.2, -0.15) is 0 Å². The van der Waals surface area contributed by atoms with Crippen LogP contribution in [0.2, 0.25) is 0 Å². The van der Waals surface area contributed by atoms with Crippen LogP contribution in [0.4, 0.5) is 0 Å². The number of aliphatic hydroxyl groups excluding tert-OH is 2. The van der Waals surface area contributed by atoms with Crippen LogP contribution in [-0.2, 0) is 4.79 Å². The van der Waals surface area contributed by atoms with Crippen LogP contribution in [0.5, 0.6) is 0 Å². The maximum absolute atomic E-state index is 12.4. The Labute approximate surface area is 348 Å². The van der Waals surface area contributed by atoms with Gasteiger partial charge in [0.05, 0.1) is 18.8 Å². The third kappa shape index (κ3) is 42.7. The maximum atomic E-state index is 12.4. The highest BCUT2D eigenvalue weighted by molar-refractivity contribution is 5.76. The summed E-state index contributed by atoms with van der Waals surface area (Å²) in [5.74, 6) is -0.121. The zero-order valence-electron chi connectivity index (χ0n) is 36.9. The first kappa shape index (κ1) is 53.6. The minimum atomic E-state index is -0.892. The minimum absolute atomic E-state index is 0.121. The van der Waals surface area contributed by atoms with Gasteiger partial charge in [-0.15, -0.1) is 0 Å². The first-order chi connectivity index (χ1) is 27.7. The van der Waals surface area contributed by atoms with Crippen LogP contribution in [-0.4, -0.2) is 34.9 Å². The van der Waals surface area contributed by atoms with Crippen molar-refractivity contribution in [1.82, 2.24) is 5.32 Å². The smallest absolute Gasteiger partial charge is 0.220 e. The minimum Gasteiger partial charge on any atom is -0.394 e. The van der Waals surface area contributed by atoms with E-state index < -0.39 is 12.1 Å². The van der Waals surface area contributed by atoms with Crippen molar-refractivity contribution >= 4 is 5.91 Å². The van der Waals surface area contributed by atoms with Crippen molar-refractivity contribution < 1.29 is 15.0 Å². The fourth-order valence-corrected chi connectivity index (χ4v) is 6.73. The lowest BCUT2D eigenvalue weighted by Crippen LogP contribution is -2.45. The Hall–Kier alpha value is -2.43. The molecule has 56 heavy (non-hydrogen) atoms. The number of unbranched alkanes of at least 4 members (excludes halogenated alkanes) is 23. The molecule has 0 aromatic rings. The molecule has 3 N–H and O–H groups in total. The molecular formula is C52H91NO3. The van der Waals surface area contributed by atoms with E-state index in [2.05, 4.69) is 92.1 Å². The molecule has 1 amide bonds. The van der Waals surface area contributed by atoms with Gasteiger partial charge in [-0.1, -0.05) is 214 Å². The molecule has 0 heterocycles. The molecule has 0 fully saturated rings. The van der Waals surface area contributed by atoms with Gasteiger partial charge in [0.15, 0.2) is 0 Å². The Bertz CT molecular complexity index is 1020. The van der Waals surface area contributed by atoms with Crippen molar-refractivity contribution in [1.29, 1.82) is 0 Å². The van der Waals surface area contributed by atoms with Crippen molar-refractivity contribution in [3.8, 4) is 0 Å². The number of rotatable bonds is 42. The monoisotopic (exact) mass is 778 g/mol. The SMILES string of the molecule is CC/C=C\C/C=C\C/C=C\C/C=C\CCCCC(=O)NC(CO)C(O)/C=C/CC/C=C/CC/C=C/CCCCCCCCCCCCCCCCCCCCC. The number of carbonyl (C=O) groups is 1.